The zero-order valence-corrected chi connectivity index (χ0v) is 23.4. The van der Waals surface area contributed by atoms with Crippen LogP contribution in [0.5, 0.6) is 0 Å². The average molecular weight is 522 g/mol. The van der Waals surface area contributed by atoms with Crippen LogP contribution in [0.3, 0.4) is 0 Å². The molecule has 3 aromatic rings. The normalized spacial score (nSPS) is 20.9. The quantitative estimate of drug-likeness (QED) is 0.361. The second-order valence-electron chi connectivity index (χ2n) is 10.6. The molecule has 5 rings (SSSR count). The van der Waals surface area contributed by atoms with Crippen molar-refractivity contribution < 1.29 is 0 Å². The van der Waals surface area contributed by atoms with Gasteiger partial charge in [0.05, 0.1) is 28.5 Å². The molecule has 2 aliphatic heterocycles. The van der Waals surface area contributed by atoms with Crippen LogP contribution >= 0.6 is 23.8 Å². The highest BCUT2D eigenvalue weighted by Crippen LogP contribution is 2.45. The van der Waals surface area contributed by atoms with Crippen LogP contribution in [-0.4, -0.2) is 27.8 Å². The van der Waals surface area contributed by atoms with Gasteiger partial charge in [-0.05, 0) is 101 Å². The third-order valence-electron chi connectivity index (χ3n) is 7.79. The molecule has 36 heavy (non-hydrogen) atoms. The first kappa shape index (κ1) is 25.1. The number of anilines is 2. The number of rotatable bonds is 5. The van der Waals surface area contributed by atoms with Gasteiger partial charge in [0.1, 0.15) is 0 Å². The molecule has 2 aromatic heterocycles. The van der Waals surface area contributed by atoms with Gasteiger partial charge in [0.25, 0.3) is 0 Å². The summed E-state index contributed by atoms with van der Waals surface area (Å²) in [6, 6.07) is 15.1. The van der Waals surface area contributed by atoms with E-state index in [0.717, 1.165) is 41.1 Å². The van der Waals surface area contributed by atoms with E-state index in [-0.39, 0.29) is 12.1 Å². The number of hydrogen-bond acceptors (Lipinski definition) is 3. The smallest absolute Gasteiger partial charge is 0.174 e. The highest BCUT2D eigenvalue weighted by Gasteiger charge is 2.42. The molecule has 2 fully saturated rings. The first-order valence-electron chi connectivity index (χ1n) is 13.0. The van der Waals surface area contributed by atoms with Crippen molar-refractivity contribution in [2.24, 2.45) is 5.92 Å². The topological polar surface area (TPSA) is 36.3 Å². The first-order chi connectivity index (χ1) is 17.3. The molecule has 190 valence electrons. The molecule has 2 aliphatic rings. The summed E-state index contributed by atoms with van der Waals surface area (Å²) >= 11 is 12.9. The lowest BCUT2D eigenvalue weighted by molar-refractivity contribution is 0.438. The Bertz CT molecular complexity index is 1250. The second-order valence-corrected chi connectivity index (χ2v) is 11.4. The molecule has 4 heterocycles. The van der Waals surface area contributed by atoms with Crippen molar-refractivity contribution in [1.29, 1.82) is 0 Å². The summed E-state index contributed by atoms with van der Waals surface area (Å²) in [5, 5.41) is 5.06. The van der Waals surface area contributed by atoms with E-state index in [0.29, 0.717) is 11.2 Å². The number of benzene rings is 1. The van der Waals surface area contributed by atoms with E-state index in [1.54, 1.807) is 0 Å². The highest BCUT2D eigenvalue weighted by molar-refractivity contribution is 7.80. The molecule has 5 nitrogen and oxygen atoms in total. The zero-order chi connectivity index (χ0) is 25.6. The lowest BCUT2D eigenvalue weighted by atomic mass is 9.96. The van der Waals surface area contributed by atoms with Crippen molar-refractivity contribution in [2.45, 2.75) is 65.6 Å². The van der Waals surface area contributed by atoms with Gasteiger partial charge in [-0.15, -0.1) is 0 Å². The fraction of sp³-hybridized carbons (Fsp3) is 0.448. The Morgan fingerprint density at radius 3 is 2.44 bits per heavy atom. The third-order valence-corrected chi connectivity index (χ3v) is 8.41. The molecule has 0 amide bonds. The van der Waals surface area contributed by atoms with Gasteiger partial charge < -0.3 is 19.7 Å². The molecule has 1 N–H and O–H groups in total. The van der Waals surface area contributed by atoms with Crippen LogP contribution in [-0.2, 0) is 0 Å². The van der Waals surface area contributed by atoms with E-state index in [1.807, 2.05) is 18.3 Å². The van der Waals surface area contributed by atoms with Crippen molar-refractivity contribution in [2.75, 3.05) is 22.9 Å². The number of piperidine rings is 1. The van der Waals surface area contributed by atoms with Crippen LogP contribution in [0, 0.1) is 19.8 Å². The van der Waals surface area contributed by atoms with Gasteiger partial charge in [-0.1, -0.05) is 24.6 Å². The fourth-order valence-electron chi connectivity index (χ4n) is 6.00. The maximum atomic E-state index is 6.93. The third kappa shape index (κ3) is 4.50. The van der Waals surface area contributed by atoms with Gasteiger partial charge in [0.15, 0.2) is 5.11 Å². The van der Waals surface area contributed by atoms with Crippen LogP contribution in [0.15, 0.2) is 48.7 Å². The predicted molar refractivity (Wildman–Crippen MR) is 154 cm³/mol. The van der Waals surface area contributed by atoms with Gasteiger partial charge in [-0.3, -0.25) is 4.98 Å². The maximum absolute atomic E-state index is 6.93. The SMILES string of the molecule is Cc1cc([C@H]2[C@@H](c3ccccn3)NC(=S)N2c2ccc(N3CCC(C)CC3)c(Cl)c2)c(C)n1C(C)C. The Labute approximate surface area is 225 Å². The molecule has 0 unspecified atom stereocenters. The molecule has 0 saturated carbocycles. The van der Waals surface area contributed by atoms with Crippen LogP contribution in [0.4, 0.5) is 11.4 Å². The Kier molecular flexibility index (Phi) is 7.01. The maximum Gasteiger partial charge on any atom is 0.174 e. The van der Waals surface area contributed by atoms with Crippen LogP contribution in [0.2, 0.25) is 5.02 Å². The predicted octanol–water partition coefficient (Wildman–Crippen LogP) is 7.15. The van der Waals surface area contributed by atoms with E-state index < -0.39 is 0 Å². The molecule has 2 saturated heterocycles. The standard InChI is InChI=1S/C29H36ClN5S/c1-18(2)34-20(4)16-23(21(34)5)28-27(25-8-6-7-13-31-25)32-29(36)35(28)22-9-10-26(24(30)17-22)33-14-11-19(3)12-15-33/h6-10,13,16-19,27-28H,11-12,14-15H2,1-5H3,(H,32,36)/t27-,28+/m1/s1. The summed E-state index contributed by atoms with van der Waals surface area (Å²) in [7, 11) is 0. The Morgan fingerprint density at radius 1 is 1.08 bits per heavy atom. The number of halogens is 1. The monoisotopic (exact) mass is 521 g/mol. The van der Waals surface area contributed by atoms with E-state index in [1.165, 1.54) is 29.8 Å². The molecular formula is C29H36ClN5S. The highest BCUT2D eigenvalue weighted by atomic mass is 35.5. The minimum absolute atomic E-state index is 0.0381. The van der Waals surface area contributed by atoms with Crippen molar-refractivity contribution in [3.8, 4) is 0 Å². The van der Waals surface area contributed by atoms with E-state index >= 15 is 0 Å². The zero-order valence-electron chi connectivity index (χ0n) is 21.8. The molecule has 0 bridgehead atoms. The van der Waals surface area contributed by atoms with Gasteiger partial charge in [-0.2, -0.15) is 0 Å². The minimum Gasteiger partial charge on any atom is -0.370 e. The Hall–Kier alpha value is -2.57. The van der Waals surface area contributed by atoms with E-state index in [4.69, 9.17) is 28.8 Å². The van der Waals surface area contributed by atoms with Crippen LogP contribution < -0.4 is 15.1 Å². The van der Waals surface area contributed by atoms with Crippen molar-refractivity contribution in [3.05, 3.63) is 76.3 Å². The number of aromatic nitrogens is 2. The summed E-state index contributed by atoms with van der Waals surface area (Å²) in [4.78, 5) is 9.35. The summed E-state index contributed by atoms with van der Waals surface area (Å²) in [5.74, 6) is 0.779. The van der Waals surface area contributed by atoms with Crippen molar-refractivity contribution in [1.82, 2.24) is 14.9 Å². The molecular weight excluding hydrogens is 486 g/mol. The lowest BCUT2D eigenvalue weighted by Gasteiger charge is -2.33. The lowest BCUT2D eigenvalue weighted by Crippen LogP contribution is -2.33. The number of nitrogens with one attached hydrogen (secondary N) is 1. The summed E-state index contributed by atoms with van der Waals surface area (Å²) in [6.45, 7) is 13.3. The van der Waals surface area contributed by atoms with E-state index in [9.17, 15) is 0 Å². The number of hydrogen-bond donors (Lipinski definition) is 1. The Balaban J connectivity index is 1.57. The summed E-state index contributed by atoms with van der Waals surface area (Å²) in [6.07, 6.45) is 4.26. The van der Waals surface area contributed by atoms with Crippen molar-refractivity contribution in [3.63, 3.8) is 0 Å². The van der Waals surface area contributed by atoms with Gasteiger partial charge >= 0.3 is 0 Å². The fourth-order valence-corrected chi connectivity index (χ4v) is 6.64. The molecule has 0 radical (unpaired) electrons. The minimum atomic E-state index is -0.0677. The average Bonchev–Trinajstić information content (AvgIpc) is 3.35. The van der Waals surface area contributed by atoms with Gasteiger partial charge in [-0.25, -0.2) is 0 Å². The number of aryl methyl sites for hydroxylation is 1. The Morgan fingerprint density at radius 2 is 1.83 bits per heavy atom. The molecule has 2 atom stereocenters. The van der Waals surface area contributed by atoms with Gasteiger partial charge in [0, 0.05) is 42.4 Å². The number of nitrogens with zero attached hydrogens (tertiary/aromatic N) is 4. The summed E-state index contributed by atoms with van der Waals surface area (Å²) < 4.78 is 2.40. The second kappa shape index (κ2) is 10.1. The molecule has 0 spiro atoms. The van der Waals surface area contributed by atoms with Crippen LogP contribution in [0.1, 0.15) is 74.4 Å². The largest absolute Gasteiger partial charge is 0.370 e. The summed E-state index contributed by atoms with van der Waals surface area (Å²) in [5.41, 5.74) is 6.87. The molecule has 7 heteroatoms. The first-order valence-corrected chi connectivity index (χ1v) is 13.8. The van der Waals surface area contributed by atoms with Crippen LogP contribution in [0.25, 0.3) is 0 Å². The van der Waals surface area contributed by atoms with Crippen molar-refractivity contribution >= 4 is 40.3 Å². The number of thiocarbonyl (C=S) groups is 1. The molecule has 1 aromatic carbocycles. The van der Waals surface area contributed by atoms with Gasteiger partial charge in [0.2, 0.25) is 0 Å². The number of pyridine rings is 1. The van der Waals surface area contributed by atoms with E-state index in [2.05, 4.69) is 84.6 Å². The molecule has 0 aliphatic carbocycles.